The molecule has 0 unspecified atom stereocenters. The number of fused-ring (bicyclic) bond motifs is 1. The van der Waals surface area contributed by atoms with Gasteiger partial charge in [-0.05, 0) is 12.1 Å². The molecule has 0 atom stereocenters. The SMILES string of the molecule is ON=Cc1cccc2occc12. The van der Waals surface area contributed by atoms with Crippen LogP contribution in [0.5, 0.6) is 0 Å². The molecule has 0 spiro atoms. The summed E-state index contributed by atoms with van der Waals surface area (Å²) in [6.07, 6.45) is 3.00. The average molecular weight is 161 g/mol. The Kier molecular flexibility index (Phi) is 1.55. The molecule has 1 aromatic carbocycles. The lowest BCUT2D eigenvalue weighted by Gasteiger charge is -1.91. The van der Waals surface area contributed by atoms with Gasteiger partial charge in [0.05, 0.1) is 12.5 Å². The van der Waals surface area contributed by atoms with Gasteiger partial charge in [0.25, 0.3) is 0 Å². The number of benzene rings is 1. The molecule has 0 bridgehead atoms. The molecule has 1 heterocycles. The van der Waals surface area contributed by atoms with E-state index in [1.54, 1.807) is 6.26 Å². The summed E-state index contributed by atoms with van der Waals surface area (Å²) in [5.41, 5.74) is 1.65. The monoisotopic (exact) mass is 161 g/mol. The first kappa shape index (κ1) is 6.91. The minimum absolute atomic E-state index is 0.799. The molecule has 12 heavy (non-hydrogen) atoms. The van der Waals surface area contributed by atoms with E-state index >= 15 is 0 Å². The summed E-state index contributed by atoms with van der Waals surface area (Å²) in [6, 6.07) is 7.41. The van der Waals surface area contributed by atoms with E-state index in [0.29, 0.717) is 0 Å². The summed E-state index contributed by atoms with van der Waals surface area (Å²) in [5, 5.41) is 12.3. The predicted molar refractivity (Wildman–Crippen MR) is 45.6 cm³/mol. The van der Waals surface area contributed by atoms with Crippen molar-refractivity contribution in [1.29, 1.82) is 0 Å². The van der Waals surface area contributed by atoms with Crippen molar-refractivity contribution >= 4 is 17.2 Å². The van der Waals surface area contributed by atoms with Crippen LogP contribution in [0.2, 0.25) is 0 Å². The highest BCUT2D eigenvalue weighted by molar-refractivity contribution is 5.97. The molecule has 3 nitrogen and oxygen atoms in total. The molecule has 0 aliphatic rings. The molecule has 2 aromatic rings. The molecule has 0 saturated heterocycles. The molecule has 0 aliphatic heterocycles. The Labute approximate surface area is 68.9 Å². The van der Waals surface area contributed by atoms with E-state index in [1.807, 2.05) is 24.3 Å². The van der Waals surface area contributed by atoms with Crippen molar-refractivity contribution < 1.29 is 9.62 Å². The first-order valence-corrected chi connectivity index (χ1v) is 3.55. The van der Waals surface area contributed by atoms with E-state index in [-0.39, 0.29) is 0 Å². The second-order valence-corrected chi connectivity index (χ2v) is 2.42. The lowest BCUT2D eigenvalue weighted by molar-refractivity contribution is 0.322. The summed E-state index contributed by atoms with van der Waals surface area (Å²) in [5.74, 6) is 0. The third-order valence-corrected chi connectivity index (χ3v) is 1.73. The molecular weight excluding hydrogens is 154 g/mol. The summed E-state index contributed by atoms with van der Waals surface area (Å²) >= 11 is 0. The fraction of sp³-hybridized carbons (Fsp3) is 0. The van der Waals surface area contributed by atoms with Crippen LogP contribution in [-0.2, 0) is 0 Å². The maximum Gasteiger partial charge on any atom is 0.134 e. The van der Waals surface area contributed by atoms with Crippen LogP contribution in [0.15, 0.2) is 40.1 Å². The second kappa shape index (κ2) is 2.70. The molecule has 1 aromatic heterocycles. The van der Waals surface area contributed by atoms with E-state index in [1.165, 1.54) is 6.21 Å². The molecule has 1 N–H and O–H groups in total. The Morgan fingerprint density at radius 2 is 2.25 bits per heavy atom. The van der Waals surface area contributed by atoms with Crippen molar-refractivity contribution in [2.24, 2.45) is 5.16 Å². The number of hydrogen-bond acceptors (Lipinski definition) is 3. The maximum absolute atomic E-state index is 8.36. The minimum atomic E-state index is 0.799. The molecule has 0 radical (unpaired) electrons. The van der Waals surface area contributed by atoms with Crippen LogP contribution >= 0.6 is 0 Å². The summed E-state index contributed by atoms with van der Waals surface area (Å²) in [4.78, 5) is 0. The molecular formula is C9H7NO2. The average Bonchev–Trinajstić information content (AvgIpc) is 2.53. The highest BCUT2D eigenvalue weighted by atomic mass is 16.4. The van der Waals surface area contributed by atoms with Gasteiger partial charge in [0.1, 0.15) is 5.58 Å². The summed E-state index contributed by atoms with van der Waals surface area (Å²) in [6.45, 7) is 0. The van der Waals surface area contributed by atoms with Gasteiger partial charge >= 0.3 is 0 Å². The fourth-order valence-electron chi connectivity index (χ4n) is 1.19. The Morgan fingerprint density at radius 3 is 3.08 bits per heavy atom. The molecule has 0 aliphatic carbocycles. The first-order chi connectivity index (χ1) is 5.92. The lowest BCUT2D eigenvalue weighted by atomic mass is 10.1. The van der Waals surface area contributed by atoms with Crippen LogP contribution in [0.4, 0.5) is 0 Å². The molecule has 60 valence electrons. The number of furan rings is 1. The van der Waals surface area contributed by atoms with Crippen LogP contribution < -0.4 is 0 Å². The number of oxime groups is 1. The topological polar surface area (TPSA) is 45.7 Å². The smallest absolute Gasteiger partial charge is 0.134 e. The Balaban J connectivity index is 2.73. The molecule has 0 saturated carbocycles. The highest BCUT2D eigenvalue weighted by Gasteiger charge is 1.99. The van der Waals surface area contributed by atoms with Crippen molar-refractivity contribution in [3.05, 3.63) is 36.1 Å². The van der Waals surface area contributed by atoms with E-state index in [0.717, 1.165) is 16.5 Å². The van der Waals surface area contributed by atoms with Gasteiger partial charge in [-0.1, -0.05) is 17.3 Å². The molecule has 0 amide bonds. The van der Waals surface area contributed by atoms with Gasteiger partial charge in [0.2, 0.25) is 0 Å². The van der Waals surface area contributed by atoms with Crippen LogP contribution in [0.25, 0.3) is 11.0 Å². The van der Waals surface area contributed by atoms with Gasteiger partial charge in [0.15, 0.2) is 0 Å². The van der Waals surface area contributed by atoms with Crippen molar-refractivity contribution in [3.63, 3.8) is 0 Å². The van der Waals surface area contributed by atoms with E-state index in [4.69, 9.17) is 9.62 Å². The van der Waals surface area contributed by atoms with Gasteiger partial charge in [-0.2, -0.15) is 0 Å². The molecule has 2 rings (SSSR count). The van der Waals surface area contributed by atoms with E-state index in [2.05, 4.69) is 5.16 Å². The standard InChI is InChI=1S/C9H7NO2/c11-10-6-7-2-1-3-9-8(7)4-5-12-9/h1-6,11H. The number of nitrogens with zero attached hydrogens (tertiary/aromatic N) is 1. The zero-order valence-corrected chi connectivity index (χ0v) is 6.27. The van der Waals surface area contributed by atoms with Gasteiger partial charge < -0.3 is 9.62 Å². The lowest BCUT2D eigenvalue weighted by Crippen LogP contribution is -1.80. The van der Waals surface area contributed by atoms with Gasteiger partial charge in [0, 0.05) is 10.9 Å². The minimum Gasteiger partial charge on any atom is -0.464 e. The van der Waals surface area contributed by atoms with Crippen molar-refractivity contribution in [1.82, 2.24) is 0 Å². The quantitative estimate of drug-likeness (QED) is 0.396. The highest BCUT2D eigenvalue weighted by Crippen LogP contribution is 2.17. The van der Waals surface area contributed by atoms with Gasteiger partial charge in [-0.3, -0.25) is 0 Å². The number of rotatable bonds is 1. The summed E-state index contributed by atoms with van der Waals surface area (Å²) in [7, 11) is 0. The number of hydrogen-bond donors (Lipinski definition) is 1. The van der Waals surface area contributed by atoms with E-state index in [9.17, 15) is 0 Å². The molecule has 3 heteroatoms. The van der Waals surface area contributed by atoms with Gasteiger partial charge in [-0.25, -0.2) is 0 Å². The summed E-state index contributed by atoms with van der Waals surface area (Å²) < 4.78 is 5.16. The van der Waals surface area contributed by atoms with Crippen molar-refractivity contribution in [3.8, 4) is 0 Å². The predicted octanol–water partition coefficient (Wildman–Crippen LogP) is 2.24. The van der Waals surface area contributed by atoms with Gasteiger partial charge in [-0.15, -0.1) is 0 Å². The van der Waals surface area contributed by atoms with Crippen molar-refractivity contribution in [2.45, 2.75) is 0 Å². The van der Waals surface area contributed by atoms with Crippen LogP contribution in [0.1, 0.15) is 5.56 Å². The third-order valence-electron chi connectivity index (χ3n) is 1.73. The van der Waals surface area contributed by atoms with Crippen LogP contribution in [0.3, 0.4) is 0 Å². The Morgan fingerprint density at radius 1 is 1.33 bits per heavy atom. The largest absolute Gasteiger partial charge is 0.464 e. The Hall–Kier alpha value is -1.77. The maximum atomic E-state index is 8.36. The normalized spacial score (nSPS) is 11.3. The second-order valence-electron chi connectivity index (χ2n) is 2.42. The van der Waals surface area contributed by atoms with E-state index < -0.39 is 0 Å². The zero-order valence-electron chi connectivity index (χ0n) is 6.27. The third kappa shape index (κ3) is 0.955. The van der Waals surface area contributed by atoms with Crippen LogP contribution in [-0.4, -0.2) is 11.4 Å². The zero-order chi connectivity index (χ0) is 8.39. The van der Waals surface area contributed by atoms with Crippen LogP contribution in [0, 0.1) is 0 Å². The van der Waals surface area contributed by atoms with Crippen molar-refractivity contribution in [2.75, 3.05) is 0 Å². The fourth-order valence-corrected chi connectivity index (χ4v) is 1.19. The Bertz CT molecular complexity index is 417. The molecule has 0 fully saturated rings. The first-order valence-electron chi connectivity index (χ1n) is 3.55.